The normalized spacial score (nSPS) is 14.4. The molecule has 0 radical (unpaired) electrons. The Morgan fingerprint density at radius 2 is 0.366 bits per heavy atom. The molecule has 1 heteroatoms. The minimum Gasteiger partial charge on any atom is -0.0622 e. The van der Waals surface area contributed by atoms with Crippen molar-refractivity contribution in [2.45, 2.75) is 16.2 Å². The lowest BCUT2D eigenvalue weighted by Gasteiger charge is -2.56. The molecule has 0 bridgehead atoms. The average molecular weight is 1040 g/mol. The highest BCUT2D eigenvalue weighted by atomic mass is 14.6. The van der Waals surface area contributed by atoms with Gasteiger partial charge >= 0.3 is 0 Å². The first kappa shape index (κ1) is 47.9. The van der Waals surface area contributed by atoms with Gasteiger partial charge in [0, 0.05) is 0 Å². The highest BCUT2D eigenvalue weighted by Gasteiger charge is 2.61. The van der Waals surface area contributed by atoms with Gasteiger partial charge in [0.1, 0.15) is 0 Å². The van der Waals surface area contributed by atoms with Gasteiger partial charge < -0.3 is 0 Å². The maximum atomic E-state index is 2.61. The first-order valence-electron chi connectivity index (χ1n) is 28.8. The molecule has 0 N–H and O–H groups in total. The van der Waals surface area contributed by atoms with E-state index in [4.69, 9.17) is 0 Å². The van der Waals surface area contributed by atoms with Gasteiger partial charge in [-0.2, -0.15) is 0 Å². The summed E-state index contributed by atoms with van der Waals surface area (Å²) in [6, 6.07) is 126. The van der Waals surface area contributed by atoms with E-state index in [1.807, 2.05) is 0 Å². The van der Waals surface area contributed by atoms with Gasteiger partial charge in [-0.15, -0.1) is 0 Å². The predicted octanol–water partition coefficient (Wildman–Crippen LogP) is 17.0. The van der Waals surface area contributed by atoms with Gasteiger partial charge in [0.15, 0.2) is 0 Å². The van der Waals surface area contributed by atoms with Crippen LogP contribution in [0.5, 0.6) is 0 Å². The summed E-state index contributed by atoms with van der Waals surface area (Å²) in [5.74, 6) is 0. The smallest absolute Gasteiger partial charge is 0.0622 e. The van der Waals surface area contributed by atoms with Crippen LogP contribution >= 0.6 is 0 Å². The van der Waals surface area contributed by atoms with Gasteiger partial charge in [0.25, 0.3) is 0 Å². The zero-order valence-electron chi connectivity index (χ0n) is 45.3. The van der Waals surface area contributed by atoms with Gasteiger partial charge in [-0.05, 0) is 129 Å². The molecule has 3 aliphatic rings. The van der Waals surface area contributed by atoms with Crippen LogP contribution in [0.1, 0.15) is 66.8 Å². The topological polar surface area (TPSA) is 0 Å². The number of rotatable bonds is 10. The summed E-state index contributed by atoms with van der Waals surface area (Å²) in [5, 5.41) is 0. The molecule has 13 aromatic carbocycles. The molecule has 0 unspecified atom stereocenters. The summed E-state index contributed by atoms with van der Waals surface area (Å²) in [7, 11) is 0. The summed E-state index contributed by atoms with van der Waals surface area (Å²) in [6.45, 7) is -0.0869. The van der Waals surface area contributed by atoms with E-state index in [-0.39, 0.29) is 6.71 Å². The summed E-state index contributed by atoms with van der Waals surface area (Å²) < 4.78 is 0. The van der Waals surface area contributed by atoms with Crippen LogP contribution in [0, 0.1) is 0 Å². The molecule has 0 spiro atoms. The Morgan fingerprint density at radius 3 is 0.634 bits per heavy atom. The van der Waals surface area contributed by atoms with Crippen molar-refractivity contribution in [3.8, 4) is 44.5 Å². The summed E-state index contributed by atoms with van der Waals surface area (Å²) in [5.41, 5.74) is 27.0. The van der Waals surface area contributed by atoms with Crippen molar-refractivity contribution in [3.63, 3.8) is 0 Å². The van der Waals surface area contributed by atoms with Crippen LogP contribution in [0.4, 0.5) is 0 Å². The predicted molar refractivity (Wildman–Crippen MR) is 341 cm³/mol. The zero-order chi connectivity index (χ0) is 54.2. The molecule has 0 aliphatic carbocycles. The minimum atomic E-state index is -0.752. The molecule has 13 aromatic rings. The van der Waals surface area contributed by atoms with Crippen molar-refractivity contribution in [3.05, 3.63) is 400 Å². The first-order chi connectivity index (χ1) is 40.7. The van der Waals surface area contributed by atoms with Gasteiger partial charge in [-0.25, -0.2) is 0 Å². The fraction of sp³-hybridized carbons (Fsp3) is 0.0370. The number of hydrogen-bond donors (Lipinski definition) is 0. The monoisotopic (exact) mass is 1040 g/mol. The van der Waals surface area contributed by atoms with Gasteiger partial charge in [-0.1, -0.05) is 332 Å². The van der Waals surface area contributed by atoms with Crippen molar-refractivity contribution >= 4 is 23.1 Å². The molecule has 82 heavy (non-hydrogen) atoms. The second-order valence-electron chi connectivity index (χ2n) is 22.5. The number of hydrogen-bond acceptors (Lipinski definition) is 0. The molecule has 0 atom stereocenters. The summed E-state index contributed by atoms with van der Waals surface area (Å²) in [4.78, 5) is 0. The molecule has 3 heterocycles. The Labute approximate surface area is 481 Å². The second kappa shape index (κ2) is 19.0. The van der Waals surface area contributed by atoms with E-state index in [0.29, 0.717) is 0 Å². The van der Waals surface area contributed by atoms with E-state index in [1.165, 1.54) is 128 Å². The average Bonchev–Trinajstić information content (AvgIpc) is 1.22. The van der Waals surface area contributed by atoms with Crippen LogP contribution in [0.15, 0.2) is 334 Å². The van der Waals surface area contributed by atoms with E-state index in [1.54, 1.807) is 0 Å². The van der Waals surface area contributed by atoms with E-state index < -0.39 is 16.2 Å². The minimum absolute atomic E-state index is 0.0869. The lowest BCUT2D eigenvalue weighted by molar-refractivity contribution is 0.697. The van der Waals surface area contributed by atoms with Crippen LogP contribution in [0.2, 0.25) is 0 Å². The molecule has 3 aliphatic heterocycles. The van der Waals surface area contributed by atoms with E-state index >= 15 is 0 Å². The lowest BCUT2D eigenvalue weighted by atomic mass is 9.22. The van der Waals surface area contributed by atoms with Crippen molar-refractivity contribution in [1.29, 1.82) is 0 Å². The number of benzene rings is 13. The van der Waals surface area contributed by atoms with Crippen molar-refractivity contribution < 1.29 is 0 Å². The Hall–Kier alpha value is -10.1. The van der Waals surface area contributed by atoms with E-state index in [2.05, 4.69) is 334 Å². The van der Waals surface area contributed by atoms with E-state index in [9.17, 15) is 0 Å². The van der Waals surface area contributed by atoms with Gasteiger partial charge in [0.05, 0.1) is 16.2 Å². The van der Waals surface area contributed by atoms with Gasteiger partial charge in [-0.3, -0.25) is 0 Å². The molecule has 382 valence electrons. The molecule has 0 aromatic heterocycles. The highest BCUT2D eigenvalue weighted by molar-refractivity contribution is 6.98. The molecule has 0 saturated carbocycles. The van der Waals surface area contributed by atoms with Crippen LogP contribution in [-0.4, -0.2) is 6.71 Å². The molecule has 0 amide bonds. The zero-order valence-corrected chi connectivity index (χ0v) is 45.3. The van der Waals surface area contributed by atoms with Crippen molar-refractivity contribution in [2.75, 3.05) is 0 Å². The lowest BCUT2D eigenvalue weighted by Crippen LogP contribution is -2.73. The molecule has 0 saturated heterocycles. The first-order valence-corrected chi connectivity index (χ1v) is 28.8. The van der Waals surface area contributed by atoms with Crippen molar-refractivity contribution in [1.82, 2.24) is 0 Å². The van der Waals surface area contributed by atoms with E-state index in [0.717, 1.165) is 0 Å². The third-order valence-electron chi connectivity index (χ3n) is 18.6. The van der Waals surface area contributed by atoms with Crippen LogP contribution in [-0.2, 0) is 16.2 Å². The SMILES string of the molecule is c1ccc(-c2cc(-c3ccccc3)cc(-c3ccc(-c4cc5c6c(c4)C(c4ccccc4)(c4ccccc4)c4cccc7c4B6c4c(cccc4C5(c4ccccc4)c4ccccc4)C7(c4ccccc4)c4ccccc4)cc3)c2)cc1. The Morgan fingerprint density at radius 1 is 0.159 bits per heavy atom. The Balaban J connectivity index is 1.05. The van der Waals surface area contributed by atoms with Crippen LogP contribution < -0.4 is 16.4 Å². The molecule has 16 rings (SSSR count). The summed E-state index contributed by atoms with van der Waals surface area (Å²) >= 11 is 0. The highest BCUT2D eigenvalue weighted by Crippen LogP contribution is 2.57. The molecular weight excluding hydrogens is 984 g/mol. The molecule has 0 fully saturated rings. The molecule has 0 nitrogen and oxygen atoms in total. The largest absolute Gasteiger partial charge is 0.243 e. The summed E-state index contributed by atoms with van der Waals surface area (Å²) in [6.07, 6.45) is 0. The standard InChI is InChI=1S/C81H55B/c1-9-27-56(28-10-1)60-51-61(57-29-11-2-12-30-57)53-62(52-60)58-47-49-59(50-48-58)63-54-74-78-75(55-63)81(68-39-21-7-22-40-68,69-41-23-8-24-42-69)73-46-26-44-71-77(73)82(78)76-70(79(71,64-31-13-3-14-32-64)65-33-15-4-16-34-65)43-25-45-72(76)80(74,66-35-17-5-18-36-66)67-37-19-6-20-38-67/h1-55H. The Kier molecular flexibility index (Phi) is 11.1. The maximum Gasteiger partial charge on any atom is 0.243 e. The van der Waals surface area contributed by atoms with Crippen LogP contribution in [0.3, 0.4) is 0 Å². The fourth-order valence-corrected chi connectivity index (χ4v) is 15.4. The quantitative estimate of drug-likeness (QED) is 0.120. The Bertz CT molecular complexity index is 4160. The molecular formula is C81H55B. The third-order valence-corrected chi connectivity index (χ3v) is 18.6. The third kappa shape index (κ3) is 6.87. The van der Waals surface area contributed by atoms with Gasteiger partial charge in [0.2, 0.25) is 6.71 Å². The fourth-order valence-electron chi connectivity index (χ4n) is 15.4. The maximum absolute atomic E-state index is 2.61. The second-order valence-corrected chi connectivity index (χ2v) is 22.5. The van der Waals surface area contributed by atoms with Crippen molar-refractivity contribution in [2.24, 2.45) is 0 Å². The van der Waals surface area contributed by atoms with Crippen LogP contribution in [0.25, 0.3) is 44.5 Å².